The van der Waals surface area contributed by atoms with Gasteiger partial charge in [0.15, 0.2) is 0 Å². The number of piperidine rings is 2. The lowest BCUT2D eigenvalue weighted by Gasteiger charge is -2.26. The Morgan fingerprint density at radius 1 is 1.00 bits per heavy atom. The summed E-state index contributed by atoms with van der Waals surface area (Å²) in [6.45, 7) is 2.80. The lowest BCUT2D eigenvalue weighted by Crippen LogP contribution is -2.39. The number of anilines is 1. The summed E-state index contributed by atoms with van der Waals surface area (Å²) in [6.07, 6.45) is 9.52. The number of rotatable bonds is 9. The average molecular weight is 400 g/mol. The van der Waals surface area contributed by atoms with E-state index in [1.54, 1.807) is 0 Å². The third-order valence-electron chi connectivity index (χ3n) is 5.91. The maximum atomic E-state index is 12.1. The quantitative estimate of drug-likeness (QED) is 0.491. The van der Waals surface area contributed by atoms with E-state index in [0.717, 1.165) is 69.4 Å². The molecule has 0 saturated carbocycles. The molecule has 3 amide bonds. The zero-order valence-electron chi connectivity index (χ0n) is 17.3. The number of hydrogen-bond donors (Lipinski definition) is 2. The van der Waals surface area contributed by atoms with E-state index in [9.17, 15) is 14.4 Å². The monoisotopic (exact) mass is 399 g/mol. The highest BCUT2D eigenvalue weighted by molar-refractivity contribution is 6.00. The first-order valence-electron chi connectivity index (χ1n) is 11.1. The van der Waals surface area contributed by atoms with Gasteiger partial charge in [0.05, 0.1) is 5.92 Å². The molecule has 2 saturated heterocycles. The molecule has 2 N–H and O–H groups in total. The Morgan fingerprint density at radius 3 is 2.45 bits per heavy atom. The third kappa shape index (κ3) is 6.58. The topological polar surface area (TPSA) is 78.5 Å². The molecule has 6 heteroatoms. The van der Waals surface area contributed by atoms with Crippen LogP contribution in [-0.4, -0.2) is 42.3 Å². The van der Waals surface area contributed by atoms with Gasteiger partial charge in [0, 0.05) is 38.2 Å². The molecule has 0 aromatic heterocycles. The normalized spacial score (nSPS) is 19.7. The second-order valence-corrected chi connectivity index (χ2v) is 8.16. The van der Waals surface area contributed by atoms with Gasteiger partial charge in [-0.15, -0.1) is 0 Å². The van der Waals surface area contributed by atoms with Crippen LogP contribution in [0.15, 0.2) is 24.3 Å². The molecule has 2 fully saturated rings. The summed E-state index contributed by atoms with van der Waals surface area (Å²) in [5.74, 6) is -0.269. The van der Waals surface area contributed by atoms with E-state index in [1.165, 1.54) is 6.42 Å². The first-order chi connectivity index (χ1) is 14.1. The van der Waals surface area contributed by atoms with Crippen LogP contribution in [0.5, 0.6) is 0 Å². The van der Waals surface area contributed by atoms with Gasteiger partial charge >= 0.3 is 0 Å². The molecule has 29 heavy (non-hydrogen) atoms. The molecule has 0 bridgehead atoms. The van der Waals surface area contributed by atoms with Gasteiger partial charge in [-0.05, 0) is 56.2 Å². The predicted molar refractivity (Wildman–Crippen MR) is 114 cm³/mol. The molecule has 2 aliphatic heterocycles. The number of carbonyl (C=O) groups is 3. The molecule has 1 unspecified atom stereocenters. The number of likely N-dealkylation sites (tertiary alicyclic amines) is 1. The summed E-state index contributed by atoms with van der Waals surface area (Å²) >= 11 is 0. The fourth-order valence-corrected chi connectivity index (χ4v) is 4.13. The van der Waals surface area contributed by atoms with Gasteiger partial charge in [0.25, 0.3) is 0 Å². The highest BCUT2D eigenvalue weighted by atomic mass is 16.2. The molecular formula is C23H33N3O3. The molecule has 6 nitrogen and oxygen atoms in total. The Morgan fingerprint density at radius 2 is 1.72 bits per heavy atom. The van der Waals surface area contributed by atoms with Gasteiger partial charge in [0.2, 0.25) is 17.7 Å². The zero-order valence-corrected chi connectivity index (χ0v) is 17.3. The van der Waals surface area contributed by atoms with Crippen LogP contribution in [0.25, 0.3) is 0 Å². The first-order valence-corrected chi connectivity index (χ1v) is 11.1. The number of unbranched alkanes of at least 4 members (excludes halogenated alkanes) is 3. The van der Waals surface area contributed by atoms with E-state index in [0.29, 0.717) is 25.2 Å². The lowest BCUT2D eigenvalue weighted by molar-refractivity contribution is -0.134. The average Bonchev–Trinajstić information content (AvgIpc) is 2.74. The summed E-state index contributed by atoms with van der Waals surface area (Å²) < 4.78 is 0. The molecule has 0 aliphatic carbocycles. The van der Waals surface area contributed by atoms with Crippen LogP contribution in [0.3, 0.4) is 0 Å². The second kappa shape index (κ2) is 11.0. The van der Waals surface area contributed by atoms with Crippen molar-refractivity contribution < 1.29 is 14.4 Å². The number of benzene rings is 1. The van der Waals surface area contributed by atoms with Crippen molar-refractivity contribution in [1.82, 2.24) is 10.2 Å². The van der Waals surface area contributed by atoms with Crippen LogP contribution in [0.2, 0.25) is 0 Å². The third-order valence-corrected chi connectivity index (χ3v) is 5.91. The van der Waals surface area contributed by atoms with E-state index in [4.69, 9.17) is 0 Å². The Labute approximate surface area is 173 Å². The van der Waals surface area contributed by atoms with E-state index in [1.807, 2.05) is 29.2 Å². The first kappa shape index (κ1) is 21.3. The van der Waals surface area contributed by atoms with Crippen molar-refractivity contribution in [2.75, 3.05) is 25.0 Å². The minimum Gasteiger partial charge on any atom is -0.385 e. The molecule has 0 spiro atoms. The zero-order chi connectivity index (χ0) is 20.5. The molecule has 1 atom stereocenters. The Bertz CT molecular complexity index is 696. The highest BCUT2D eigenvalue weighted by Crippen LogP contribution is 2.25. The number of nitrogens with zero attached hydrogens (tertiary/aromatic N) is 1. The number of amides is 3. The number of nitrogens with one attached hydrogen (secondary N) is 2. The van der Waals surface area contributed by atoms with Crippen LogP contribution in [-0.2, 0) is 14.4 Å². The number of hydrogen-bond acceptors (Lipinski definition) is 4. The van der Waals surface area contributed by atoms with Crippen molar-refractivity contribution in [2.24, 2.45) is 0 Å². The molecule has 2 heterocycles. The van der Waals surface area contributed by atoms with E-state index in [-0.39, 0.29) is 17.7 Å². The smallest absolute Gasteiger partial charge is 0.234 e. The minimum absolute atomic E-state index is 0.180. The van der Waals surface area contributed by atoms with Gasteiger partial charge in [-0.25, -0.2) is 0 Å². The van der Waals surface area contributed by atoms with Gasteiger partial charge in [-0.2, -0.15) is 0 Å². The van der Waals surface area contributed by atoms with Gasteiger partial charge < -0.3 is 10.2 Å². The summed E-state index contributed by atoms with van der Waals surface area (Å²) in [6, 6.07) is 7.93. The molecular weight excluding hydrogens is 366 g/mol. The van der Waals surface area contributed by atoms with Crippen molar-refractivity contribution in [2.45, 2.75) is 70.1 Å². The second-order valence-electron chi connectivity index (χ2n) is 8.16. The van der Waals surface area contributed by atoms with Gasteiger partial charge in [-0.1, -0.05) is 25.0 Å². The maximum Gasteiger partial charge on any atom is 0.234 e. The highest BCUT2D eigenvalue weighted by Gasteiger charge is 2.27. The molecule has 1 aromatic carbocycles. The van der Waals surface area contributed by atoms with E-state index < -0.39 is 0 Å². The molecule has 3 rings (SSSR count). The molecule has 158 valence electrons. The maximum absolute atomic E-state index is 12.1. The minimum atomic E-state index is -0.227. The van der Waals surface area contributed by atoms with Crippen LogP contribution in [0, 0.1) is 0 Å². The summed E-state index contributed by atoms with van der Waals surface area (Å²) in [5, 5.41) is 5.82. The van der Waals surface area contributed by atoms with Crippen molar-refractivity contribution in [3.63, 3.8) is 0 Å². The van der Waals surface area contributed by atoms with E-state index in [2.05, 4.69) is 10.6 Å². The van der Waals surface area contributed by atoms with Crippen LogP contribution in [0.1, 0.15) is 75.7 Å². The number of carbonyl (C=O) groups excluding carboxylic acids is 3. The summed E-state index contributed by atoms with van der Waals surface area (Å²) in [7, 11) is 0. The fraction of sp³-hybridized carbons (Fsp3) is 0.609. The van der Waals surface area contributed by atoms with Crippen molar-refractivity contribution in [3.05, 3.63) is 29.8 Å². The summed E-state index contributed by atoms with van der Waals surface area (Å²) in [4.78, 5) is 37.4. The van der Waals surface area contributed by atoms with Crippen LogP contribution in [0.4, 0.5) is 5.69 Å². The standard InChI is InChI=1S/C23H33N3O3/c27-21-14-13-20(23(29)25-21)18-9-11-19(12-10-18)24-15-5-2-1-4-8-22(28)26-16-6-3-7-17-26/h9-12,20,24H,1-8,13-17H2,(H,25,27,29). The fourth-order valence-electron chi connectivity index (χ4n) is 4.13. The molecule has 2 aliphatic rings. The van der Waals surface area contributed by atoms with Crippen molar-refractivity contribution >= 4 is 23.4 Å². The predicted octanol–water partition coefficient (Wildman–Crippen LogP) is 3.58. The Balaban J connectivity index is 1.27. The van der Waals surface area contributed by atoms with Gasteiger partial charge in [-0.3, -0.25) is 19.7 Å². The largest absolute Gasteiger partial charge is 0.385 e. The molecule has 1 aromatic rings. The molecule has 0 radical (unpaired) electrons. The SMILES string of the molecule is O=C1CCC(c2ccc(NCCCCCCC(=O)N3CCCCC3)cc2)C(=O)N1. The van der Waals surface area contributed by atoms with Crippen molar-refractivity contribution in [1.29, 1.82) is 0 Å². The van der Waals surface area contributed by atoms with Crippen LogP contribution >= 0.6 is 0 Å². The lowest BCUT2D eigenvalue weighted by atomic mass is 9.90. The van der Waals surface area contributed by atoms with Gasteiger partial charge in [0.1, 0.15) is 0 Å². The Hall–Kier alpha value is -2.37. The summed E-state index contributed by atoms with van der Waals surface area (Å²) in [5.41, 5.74) is 2.00. The van der Waals surface area contributed by atoms with E-state index >= 15 is 0 Å². The van der Waals surface area contributed by atoms with Crippen LogP contribution < -0.4 is 10.6 Å². The van der Waals surface area contributed by atoms with Crippen molar-refractivity contribution in [3.8, 4) is 0 Å². The Kier molecular flexibility index (Phi) is 8.08. The number of imide groups is 1.